The van der Waals surface area contributed by atoms with E-state index in [9.17, 15) is 4.79 Å². The number of carbonyl (C=O) groups excluding carboxylic acids is 1. The minimum atomic E-state index is -0.248. The molecule has 3 N–H and O–H groups in total. The summed E-state index contributed by atoms with van der Waals surface area (Å²) in [4.78, 5) is 15.1. The van der Waals surface area contributed by atoms with Crippen molar-refractivity contribution >= 4 is 34.5 Å². The quantitative estimate of drug-likeness (QED) is 0.826. The second-order valence-electron chi connectivity index (χ2n) is 2.71. The maximum absolute atomic E-state index is 10.9. The van der Waals surface area contributed by atoms with Gasteiger partial charge in [-0.1, -0.05) is 23.7 Å². The van der Waals surface area contributed by atoms with Crippen LogP contribution in [0, 0.1) is 0 Å². The summed E-state index contributed by atoms with van der Waals surface area (Å²) in [6.07, 6.45) is 0. The third-order valence-electron chi connectivity index (χ3n) is 1.62. The lowest BCUT2D eigenvalue weighted by atomic mass is 10.2. The molecular formula is C9H12BrClN2O2. The number of hydrogen-bond donors (Lipinski definition) is 2. The Balaban J connectivity index is 0.00000196. The van der Waals surface area contributed by atoms with E-state index in [1.807, 2.05) is 12.1 Å². The Morgan fingerprint density at radius 1 is 1.40 bits per heavy atom. The van der Waals surface area contributed by atoms with Crippen molar-refractivity contribution in [3.8, 4) is 0 Å². The molecule has 0 bridgehead atoms. The van der Waals surface area contributed by atoms with Gasteiger partial charge in [0, 0.05) is 11.6 Å². The first-order chi connectivity index (χ1) is 6.72. The van der Waals surface area contributed by atoms with Crippen molar-refractivity contribution in [3.63, 3.8) is 0 Å². The van der Waals surface area contributed by atoms with Crippen LogP contribution in [0.1, 0.15) is 5.56 Å². The summed E-state index contributed by atoms with van der Waals surface area (Å²) in [6.45, 7) is 0.312. The second kappa shape index (κ2) is 7.64. The van der Waals surface area contributed by atoms with Gasteiger partial charge in [-0.3, -0.25) is 9.63 Å². The van der Waals surface area contributed by atoms with Crippen LogP contribution >= 0.6 is 28.6 Å². The Bertz CT molecular complexity index is 305. The Labute approximate surface area is 103 Å². The van der Waals surface area contributed by atoms with Crippen LogP contribution in [0.25, 0.3) is 0 Å². The topological polar surface area (TPSA) is 64.3 Å². The average Bonchev–Trinajstić information content (AvgIpc) is 2.17. The monoisotopic (exact) mass is 294 g/mol. The summed E-state index contributed by atoms with van der Waals surface area (Å²) in [5.74, 6) is 4.49. The normalized spacial score (nSPS) is 9.20. The second-order valence-corrected chi connectivity index (χ2v) is 3.15. The molecule has 0 atom stereocenters. The molecule has 15 heavy (non-hydrogen) atoms. The Morgan fingerprint density at radius 2 is 2.00 bits per heavy atom. The Morgan fingerprint density at radius 3 is 2.53 bits per heavy atom. The molecule has 0 aromatic heterocycles. The number of nitrogens with two attached hydrogens (primary N) is 1. The van der Waals surface area contributed by atoms with E-state index in [0.717, 1.165) is 5.56 Å². The Kier molecular flexibility index (Phi) is 7.33. The molecule has 0 aliphatic rings. The number of amides is 1. The van der Waals surface area contributed by atoms with Crippen LogP contribution in [0.3, 0.4) is 0 Å². The first kappa shape index (κ1) is 14.4. The lowest BCUT2D eigenvalue weighted by Gasteiger charge is -2.03. The fourth-order valence-corrected chi connectivity index (χ4v) is 1.06. The smallest absolute Gasteiger partial charge is 0.248 e. The molecule has 0 radical (unpaired) electrons. The van der Waals surface area contributed by atoms with Crippen molar-refractivity contribution in [2.45, 2.75) is 6.54 Å². The number of benzene rings is 1. The van der Waals surface area contributed by atoms with E-state index < -0.39 is 0 Å². The molecule has 4 nitrogen and oxygen atoms in total. The molecular weight excluding hydrogens is 283 g/mol. The molecule has 1 amide bonds. The summed E-state index contributed by atoms with van der Waals surface area (Å²) in [7, 11) is 0. The van der Waals surface area contributed by atoms with Gasteiger partial charge in [0.15, 0.2) is 0 Å². The molecule has 0 heterocycles. The van der Waals surface area contributed by atoms with Crippen molar-refractivity contribution in [3.05, 3.63) is 34.9 Å². The van der Waals surface area contributed by atoms with E-state index in [-0.39, 0.29) is 29.5 Å². The summed E-state index contributed by atoms with van der Waals surface area (Å²) in [6, 6.07) is 7.21. The van der Waals surface area contributed by atoms with Gasteiger partial charge in [0.05, 0.1) is 0 Å². The highest BCUT2D eigenvalue weighted by Gasteiger charge is 1.99. The fourth-order valence-electron chi connectivity index (χ4n) is 0.930. The zero-order valence-electron chi connectivity index (χ0n) is 7.90. The van der Waals surface area contributed by atoms with Crippen LogP contribution in [0.4, 0.5) is 0 Å². The lowest BCUT2D eigenvalue weighted by Crippen LogP contribution is -2.28. The van der Waals surface area contributed by atoms with E-state index in [1.54, 1.807) is 12.1 Å². The van der Waals surface area contributed by atoms with Crippen molar-refractivity contribution in [2.24, 2.45) is 5.90 Å². The molecule has 0 spiro atoms. The first-order valence-electron chi connectivity index (χ1n) is 4.05. The van der Waals surface area contributed by atoms with E-state index in [4.69, 9.17) is 17.5 Å². The molecule has 0 fully saturated rings. The number of nitrogens with one attached hydrogen (secondary N) is 1. The largest absolute Gasteiger partial charge is 0.350 e. The van der Waals surface area contributed by atoms with E-state index in [2.05, 4.69) is 10.2 Å². The molecule has 0 unspecified atom stereocenters. The van der Waals surface area contributed by atoms with E-state index in [0.29, 0.717) is 11.6 Å². The Hall–Kier alpha value is -0.620. The van der Waals surface area contributed by atoms with E-state index >= 15 is 0 Å². The van der Waals surface area contributed by atoms with Crippen molar-refractivity contribution < 1.29 is 9.63 Å². The van der Waals surface area contributed by atoms with Crippen molar-refractivity contribution in [1.29, 1.82) is 0 Å². The van der Waals surface area contributed by atoms with E-state index in [1.165, 1.54) is 0 Å². The number of rotatable bonds is 4. The third-order valence-corrected chi connectivity index (χ3v) is 1.87. The zero-order chi connectivity index (χ0) is 10.4. The summed E-state index contributed by atoms with van der Waals surface area (Å²) in [5.41, 5.74) is 0.972. The van der Waals surface area contributed by atoms with Gasteiger partial charge in [-0.05, 0) is 17.7 Å². The van der Waals surface area contributed by atoms with Crippen molar-refractivity contribution in [1.82, 2.24) is 5.32 Å². The zero-order valence-corrected chi connectivity index (χ0v) is 10.4. The maximum Gasteiger partial charge on any atom is 0.248 e. The molecule has 0 aliphatic carbocycles. The predicted octanol–water partition coefficient (Wildman–Crippen LogP) is 1.42. The van der Waals surface area contributed by atoms with Crippen LogP contribution in [0.5, 0.6) is 0 Å². The van der Waals surface area contributed by atoms with Gasteiger partial charge in [-0.2, -0.15) is 0 Å². The summed E-state index contributed by atoms with van der Waals surface area (Å²) >= 11 is 5.70. The molecule has 1 rings (SSSR count). The lowest BCUT2D eigenvalue weighted by molar-refractivity contribution is -0.125. The molecule has 1 aromatic carbocycles. The highest BCUT2D eigenvalue weighted by molar-refractivity contribution is 8.93. The molecule has 0 saturated heterocycles. The minimum absolute atomic E-state index is 0. The number of carbonyl (C=O) groups is 1. The maximum atomic E-state index is 10.9. The fraction of sp³-hybridized carbons (Fsp3) is 0.222. The molecule has 1 aromatic rings. The molecule has 0 saturated carbocycles. The van der Waals surface area contributed by atoms with Crippen LogP contribution in [-0.4, -0.2) is 12.5 Å². The van der Waals surface area contributed by atoms with Crippen molar-refractivity contribution in [2.75, 3.05) is 6.61 Å². The standard InChI is InChI=1S/C9H11ClN2O2.BrH/c10-8-3-1-7(2-4-8)5-12-9(13)6-14-11;/h1-4H,5-6,11H2,(H,12,13);1H. The highest BCUT2D eigenvalue weighted by atomic mass is 79.9. The summed E-state index contributed by atoms with van der Waals surface area (Å²) < 4.78 is 0. The van der Waals surface area contributed by atoms with Gasteiger partial charge in [-0.15, -0.1) is 17.0 Å². The SMILES string of the molecule is Br.NOCC(=O)NCc1ccc(Cl)cc1. The number of hydrogen-bond acceptors (Lipinski definition) is 3. The molecule has 84 valence electrons. The van der Waals surface area contributed by atoms with Crippen LogP contribution in [0.2, 0.25) is 5.02 Å². The minimum Gasteiger partial charge on any atom is -0.350 e. The highest BCUT2D eigenvalue weighted by Crippen LogP contribution is 2.08. The predicted molar refractivity (Wildman–Crippen MR) is 63.8 cm³/mol. The van der Waals surface area contributed by atoms with Gasteiger partial charge < -0.3 is 5.32 Å². The van der Waals surface area contributed by atoms with Gasteiger partial charge >= 0.3 is 0 Å². The van der Waals surface area contributed by atoms with Crippen LogP contribution in [-0.2, 0) is 16.2 Å². The summed E-state index contributed by atoms with van der Waals surface area (Å²) in [5, 5.41) is 3.30. The third kappa shape index (κ3) is 5.74. The van der Waals surface area contributed by atoms with Gasteiger partial charge in [0.2, 0.25) is 5.91 Å². The molecule has 0 aliphatic heterocycles. The first-order valence-corrected chi connectivity index (χ1v) is 4.43. The van der Waals surface area contributed by atoms with Gasteiger partial charge in [-0.25, -0.2) is 5.90 Å². The number of halogens is 2. The van der Waals surface area contributed by atoms with Crippen LogP contribution < -0.4 is 11.2 Å². The van der Waals surface area contributed by atoms with Crippen LogP contribution in [0.15, 0.2) is 24.3 Å². The van der Waals surface area contributed by atoms with Gasteiger partial charge in [0.25, 0.3) is 0 Å². The molecule has 6 heteroatoms. The van der Waals surface area contributed by atoms with Gasteiger partial charge in [0.1, 0.15) is 6.61 Å². The average molecular weight is 296 g/mol.